The van der Waals surface area contributed by atoms with Crippen LogP contribution in [-0.4, -0.2) is 58.4 Å². The van der Waals surface area contributed by atoms with Gasteiger partial charge in [-0.2, -0.15) is 8.78 Å². The molecular formula is C27H30Cl2F2N2O6S. The molecule has 8 nitrogen and oxygen atoms in total. The lowest BCUT2D eigenvalue weighted by atomic mass is 10.0. The summed E-state index contributed by atoms with van der Waals surface area (Å²) in [7, 11) is 0. The second kappa shape index (κ2) is 13.0. The van der Waals surface area contributed by atoms with Crippen molar-refractivity contribution < 1.29 is 37.3 Å². The van der Waals surface area contributed by atoms with E-state index in [9.17, 15) is 18.4 Å². The lowest BCUT2D eigenvalue weighted by molar-refractivity contribution is -0.151. The second-order valence-electron chi connectivity index (χ2n) is 10.4. The van der Waals surface area contributed by atoms with Crippen molar-refractivity contribution in [2.24, 2.45) is 5.92 Å². The molecule has 2 aromatic rings. The van der Waals surface area contributed by atoms with Gasteiger partial charge in [0.05, 0.1) is 16.7 Å². The number of aromatic nitrogens is 1. The molecule has 40 heavy (non-hydrogen) atoms. The molecule has 2 heterocycles. The maximum absolute atomic E-state index is 13.5. The van der Waals surface area contributed by atoms with Crippen molar-refractivity contribution in [1.82, 2.24) is 9.88 Å². The van der Waals surface area contributed by atoms with E-state index < -0.39 is 35.8 Å². The highest BCUT2D eigenvalue weighted by Crippen LogP contribution is 2.38. The fraction of sp³-hybridized carbons (Fsp3) is 0.519. The van der Waals surface area contributed by atoms with Crippen LogP contribution in [0.25, 0.3) is 0 Å². The van der Waals surface area contributed by atoms with Gasteiger partial charge in [0.15, 0.2) is 16.9 Å². The quantitative estimate of drug-likeness (QED) is 0.265. The number of carbonyl (C=O) groups excluding carboxylic acids is 2. The van der Waals surface area contributed by atoms with Crippen LogP contribution < -0.4 is 9.47 Å². The first kappa shape index (κ1) is 30.5. The Balaban J connectivity index is 1.63. The molecule has 1 aromatic heterocycles. The van der Waals surface area contributed by atoms with Gasteiger partial charge in [-0.25, -0.2) is 9.59 Å². The van der Waals surface area contributed by atoms with Gasteiger partial charge >= 0.3 is 18.7 Å². The predicted molar refractivity (Wildman–Crippen MR) is 147 cm³/mol. The smallest absolute Gasteiger partial charge is 0.411 e. The van der Waals surface area contributed by atoms with Crippen molar-refractivity contribution in [2.45, 2.75) is 63.7 Å². The Morgan fingerprint density at radius 3 is 2.48 bits per heavy atom. The zero-order chi connectivity index (χ0) is 29.0. The third-order valence-corrected chi connectivity index (χ3v) is 7.88. The first-order valence-corrected chi connectivity index (χ1v) is 14.5. The largest absolute Gasteiger partial charge is 0.489 e. The fourth-order valence-electron chi connectivity index (χ4n) is 3.94. The summed E-state index contributed by atoms with van der Waals surface area (Å²) in [6.07, 6.45) is 3.29. The van der Waals surface area contributed by atoms with Crippen LogP contribution in [0.1, 0.15) is 50.8 Å². The minimum Gasteiger partial charge on any atom is -0.489 e. The number of alkyl halides is 2. The number of benzene rings is 1. The number of hydrogen-bond donors (Lipinski definition) is 0. The number of hydrogen-bond acceptors (Lipinski definition) is 8. The summed E-state index contributed by atoms with van der Waals surface area (Å²) in [5.41, 5.74) is 0.179. The molecule has 2 aliphatic rings. The van der Waals surface area contributed by atoms with Gasteiger partial charge < -0.3 is 18.9 Å². The van der Waals surface area contributed by atoms with Gasteiger partial charge in [0.25, 0.3) is 0 Å². The molecule has 1 saturated heterocycles. The van der Waals surface area contributed by atoms with E-state index >= 15 is 0 Å². The van der Waals surface area contributed by atoms with Gasteiger partial charge in [0, 0.05) is 31.1 Å². The number of carbonyl (C=O) groups is 2. The predicted octanol–water partition coefficient (Wildman–Crippen LogP) is 6.92. The molecule has 0 N–H and O–H groups in total. The standard InChI is InChI=1S/C27H30Cl2F2N2O6S/c1-27(2,3)39-26(35)33-8-9-40-23(33)24(34)37-21(11-17-18(28)12-32-13-19(17)29)16-6-7-20(38-25(30)31)22(10-16)36-14-15-4-5-15/h6-7,10,12-13,15,21,23,25H,4-5,8-9,11,14H2,1-3H3/t21?,23-/m0/s1. The van der Waals surface area contributed by atoms with Crippen molar-refractivity contribution in [2.75, 3.05) is 18.9 Å². The molecule has 0 bridgehead atoms. The normalized spacial score (nSPS) is 18.0. The third-order valence-electron chi connectivity index (χ3n) is 6.05. The number of esters is 1. The van der Waals surface area contributed by atoms with Gasteiger partial charge in [0.1, 0.15) is 11.7 Å². The number of ether oxygens (including phenoxy) is 4. The SMILES string of the molecule is CC(C)(C)OC(=O)N1CCS[C@H]1C(=O)OC(Cc1c(Cl)cncc1Cl)c1ccc(OC(F)F)c(OCC2CC2)c1. The molecular weight excluding hydrogens is 589 g/mol. The van der Waals surface area contributed by atoms with Crippen molar-refractivity contribution in [1.29, 1.82) is 0 Å². The van der Waals surface area contributed by atoms with Crippen LogP contribution in [0.3, 0.4) is 0 Å². The molecule has 13 heteroatoms. The number of rotatable bonds is 10. The Morgan fingerprint density at radius 1 is 1.15 bits per heavy atom. The number of pyridine rings is 1. The second-order valence-corrected chi connectivity index (χ2v) is 12.4. The zero-order valence-electron chi connectivity index (χ0n) is 22.2. The van der Waals surface area contributed by atoms with Crippen LogP contribution in [0.15, 0.2) is 30.6 Å². The van der Waals surface area contributed by atoms with Crippen LogP contribution in [0, 0.1) is 5.92 Å². The van der Waals surface area contributed by atoms with Crippen LogP contribution in [0.4, 0.5) is 13.6 Å². The van der Waals surface area contributed by atoms with E-state index in [1.54, 1.807) is 20.8 Å². The average Bonchev–Trinajstić information content (AvgIpc) is 3.56. The minimum absolute atomic E-state index is 0.0485. The van der Waals surface area contributed by atoms with Gasteiger partial charge in [-0.05, 0) is 62.8 Å². The maximum atomic E-state index is 13.5. The van der Waals surface area contributed by atoms with E-state index in [0.29, 0.717) is 35.9 Å². The summed E-state index contributed by atoms with van der Waals surface area (Å²) < 4.78 is 48.0. The van der Waals surface area contributed by atoms with Gasteiger partial charge in [-0.15, -0.1) is 11.8 Å². The minimum atomic E-state index is -3.05. The van der Waals surface area contributed by atoms with Gasteiger partial charge in [0.2, 0.25) is 0 Å². The molecule has 0 spiro atoms. The fourth-order valence-corrected chi connectivity index (χ4v) is 5.55. The Morgan fingerprint density at radius 2 is 1.85 bits per heavy atom. The third kappa shape index (κ3) is 8.27. The zero-order valence-corrected chi connectivity index (χ0v) is 24.5. The van der Waals surface area contributed by atoms with Gasteiger partial charge in [-0.1, -0.05) is 29.3 Å². The van der Waals surface area contributed by atoms with Crippen LogP contribution in [0.5, 0.6) is 11.5 Å². The molecule has 2 atom stereocenters. The summed E-state index contributed by atoms with van der Waals surface area (Å²) >= 11 is 14.0. The number of amides is 1. The molecule has 1 amide bonds. The molecule has 1 saturated carbocycles. The monoisotopic (exact) mass is 618 g/mol. The van der Waals surface area contributed by atoms with Crippen LogP contribution in [0.2, 0.25) is 10.0 Å². The van der Waals surface area contributed by atoms with Gasteiger partial charge in [-0.3, -0.25) is 9.88 Å². The van der Waals surface area contributed by atoms with Crippen LogP contribution >= 0.6 is 35.0 Å². The first-order valence-electron chi connectivity index (χ1n) is 12.7. The van der Waals surface area contributed by atoms with E-state index in [2.05, 4.69) is 9.72 Å². The summed E-state index contributed by atoms with van der Waals surface area (Å²) in [6, 6.07) is 4.36. The number of nitrogens with zero attached hydrogens (tertiary/aromatic N) is 2. The molecule has 218 valence electrons. The molecule has 1 aromatic carbocycles. The first-order chi connectivity index (χ1) is 18.9. The highest BCUT2D eigenvalue weighted by Gasteiger charge is 2.39. The number of thioether (sulfide) groups is 1. The van der Waals surface area contributed by atoms with E-state index in [0.717, 1.165) is 12.8 Å². The molecule has 1 aliphatic carbocycles. The number of halogens is 4. The summed E-state index contributed by atoms with van der Waals surface area (Å²) in [5, 5.41) is -0.406. The Labute approximate surface area is 245 Å². The van der Waals surface area contributed by atoms with E-state index in [-0.39, 0.29) is 28.0 Å². The lowest BCUT2D eigenvalue weighted by Crippen LogP contribution is -2.43. The maximum Gasteiger partial charge on any atom is 0.411 e. The van der Waals surface area contributed by atoms with E-state index in [4.69, 9.17) is 37.4 Å². The Kier molecular flexibility index (Phi) is 9.89. The lowest BCUT2D eigenvalue weighted by Gasteiger charge is -2.28. The van der Waals surface area contributed by atoms with E-state index in [1.165, 1.54) is 47.3 Å². The summed E-state index contributed by atoms with van der Waals surface area (Å²) in [4.78, 5) is 31.5. The van der Waals surface area contributed by atoms with Crippen molar-refractivity contribution in [3.8, 4) is 11.5 Å². The van der Waals surface area contributed by atoms with Crippen molar-refractivity contribution in [3.63, 3.8) is 0 Å². The van der Waals surface area contributed by atoms with E-state index in [1.807, 2.05) is 0 Å². The van der Waals surface area contributed by atoms with Crippen molar-refractivity contribution >= 4 is 47.0 Å². The summed E-state index contributed by atoms with van der Waals surface area (Å²) in [6.45, 7) is 2.83. The highest BCUT2D eigenvalue weighted by molar-refractivity contribution is 8.00. The molecule has 1 unspecified atom stereocenters. The average molecular weight is 620 g/mol. The summed E-state index contributed by atoms with van der Waals surface area (Å²) in [5.74, 6) is 0.164. The Bertz CT molecular complexity index is 1210. The highest BCUT2D eigenvalue weighted by atomic mass is 35.5. The molecule has 1 aliphatic heterocycles. The molecule has 0 radical (unpaired) electrons. The topological polar surface area (TPSA) is 87.2 Å². The van der Waals surface area contributed by atoms with Crippen molar-refractivity contribution in [3.05, 3.63) is 51.8 Å². The Hall–Kier alpha value is -2.50. The molecule has 2 fully saturated rings. The molecule has 4 rings (SSSR count). The van der Waals surface area contributed by atoms with Crippen LogP contribution in [-0.2, 0) is 20.7 Å².